The molecule has 1 aliphatic heterocycles. The summed E-state index contributed by atoms with van der Waals surface area (Å²) in [4.78, 5) is 23.0. The Kier molecular flexibility index (Phi) is 4.24. The van der Waals surface area contributed by atoms with Crippen LogP contribution in [0.2, 0.25) is 5.02 Å². The molecule has 0 radical (unpaired) electrons. The van der Waals surface area contributed by atoms with Crippen molar-refractivity contribution in [2.75, 3.05) is 11.6 Å². The number of halogens is 1. The first kappa shape index (κ1) is 14.3. The van der Waals surface area contributed by atoms with Gasteiger partial charge in [0.05, 0.1) is 12.3 Å². The Morgan fingerprint density at radius 1 is 1.55 bits per heavy atom. The third-order valence-corrected chi connectivity index (χ3v) is 3.01. The zero-order valence-corrected chi connectivity index (χ0v) is 11.5. The highest BCUT2D eigenvalue weighted by atomic mass is 35.5. The number of hydrogen-bond acceptors (Lipinski definition) is 5. The number of hydrogen-bond donors (Lipinski definition) is 1. The number of benzene rings is 1. The molecule has 1 heterocycles. The smallest absolute Gasteiger partial charge is 0.354 e. The van der Waals surface area contributed by atoms with Gasteiger partial charge in [-0.05, 0) is 25.1 Å². The number of hydrazone groups is 1. The highest BCUT2D eigenvalue weighted by Gasteiger charge is 2.36. The van der Waals surface area contributed by atoms with E-state index >= 15 is 0 Å². The van der Waals surface area contributed by atoms with E-state index in [1.54, 1.807) is 31.2 Å². The van der Waals surface area contributed by atoms with Crippen molar-refractivity contribution >= 4 is 34.9 Å². The fourth-order valence-corrected chi connectivity index (χ4v) is 2.08. The summed E-state index contributed by atoms with van der Waals surface area (Å²) in [5, 5.41) is 15.0. The van der Waals surface area contributed by atoms with Crippen molar-refractivity contribution in [2.45, 2.75) is 19.4 Å². The van der Waals surface area contributed by atoms with Gasteiger partial charge in [-0.3, -0.25) is 5.01 Å². The van der Waals surface area contributed by atoms with Gasteiger partial charge in [0.15, 0.2) is 6.04 Å². The van der Waals surface area contributed by atoms with Crippen molar-refractivity contribution in [3.63, 3.8) is 0 Å². The zero-order chi connectivity index (χ0) is 14.7. The van der Waals surface area contributed by atoms with E-state index in [1.807, 2.05) is 0 Å². The minimum atomic E-state index is -1.06. The van der Waals surface area contributed by atoms with Gasteiger partial charge in [-0.15, -0.1) is 0 Å². The SMILES string of the molecule is CCOC(=O)C1=NN(c2cccc(Cl)c2)[C@H](C(=O)O)C1. The van der Waals surface area contributed by atoms with E-state index < -0.39 is 18.0 Å². The molecule has 0 bridgehead atoms. The average molecular weight is 297 g/mol. The Morgan fingerprint density at radius 3 is 2.90 bits per heavy atom. The fourth-order valence-electron chi connectivity index (χ4n) is 1.90. The highest BCUT2D eigenvalue weighted by molar-refractivity contribution is 6.38. The Labute approximate surface area is 120 Å². The van der Waals surface area contributed by atoms with E-state index in [0.29, 0.717) is 10.7 Å². The Balaban J connectivity index is 2.32. The fraction of sp³-hybridized carbons (Fsp3) is 0.308. The van der Waals surface area contributed by atoms with Crippen LogP contribution >= 0.6 is 11.6 Å². The lowest BCUT2D eigenvalue weighted by molar-refractivity contribution is -0.138. The molecule has 0 aliphatic carbocycles. The maximum Gasteiger partial charge on any atom is 0.354 e. The molecule has 1 N–H and O–H groups in total. The lowest BCUT2D eigenvalue weighted by Gasteiger charge is -2.19. The van der Waals surface area contributed by atoms with E-state index in [1.165, 1.54) is 5.01 Å². The zero-order valence-electron chi connectivity index (χ0n) is 10.7. The largest absolute Gasteiger partial charge is 0.480 e. The summed E-state index contributed by atoms with van der Waals surface area (Å²) in [5.74, 6) is -1.66. The monoisotopic (exact) mass is 296 g/mol. The van der Waals surface area contributed by atoms with Crippen LogP contribution in [0.3, 0.4) is 0 Å². The van der Waals surface area contributed by atoms with Gasteiger partial charge in [-0.25, -0.2) is 9.59 Å². The maximum absolute atomic E-state index is 11.7. The number of nitrogens with zero attached hydrogens (tertiary/aromatic N) is 2. The van der Waals surface area contributed by atoms with Crippen LogP contribution in [0, 0.1) is 0 Å². The third-order valence-electron chi connectivity index (χ3n) is 2.78. The number of carboxylic acids is 1. The van der Waals surface area contributed by atoms with Gasteiger partial charge in [0.25, 0.3) is 0 Å². The Bertz CT molecular complexity index is 573. The number of aliphatic carboxylic acids is 1. The number of carboxylic acid groups (broad SMARTS) is 1. The summed E-state index contributed by atoms with van der Waals surface area (Å²) in [5.41, 5.74) is 0.614. The van der Waals surface area contributed by atoms with E-state index in [-0.39, 0.29) is 18.7 Å². The minimum absolute atomic E-state index is 0.000675. The van der Waals surface area contributed by atoms with Crippen molar-refractivity contribution in [3.05, 3.63) is 29.3 Å². The molecule has 1 aromatic carbocycles. The summed E-state index contributed by atoms with van der Waals surface area (Å²) in [6.07, 6.45) is 0.000675. The molecule has 0 spiro atoms. The average Bonchev–Trinajstić information content (AvgIpc) is 2.84. The molecule has 0 unspecified atom stereocenters. The van der Waals surface area contributed by atoms with Crippen LogP contribution in [-0.4, -0.2) is 35.4 Å². The topological polar surface area (TPSA) is 79.2 Å². The van der Waals surface area contributed by atoms with E-state index in [2.05, 4.69) is 5.10 Å². The normalized spacial score (nSPS) is 17.8. The van der Waals surface area contributed by atoms with Crippen LogP contribution in [0.1, 0.15) is 13.3 Å². The number of rotatable bonds is 4. The molecule has 0 saturated heterocycles. The second kappa shape index (κ2) is 5.92. The molecule has 2 rings (SSSR count). The number of carbonyl (C=O) groups is 2. The number of anilines is 1. The molecule has 7 heteroatoms. The predicted octanol–water partition coefficient (Wildman–Crippen LogP) is 1.92. The molecule has 0 amide bonds. The van der Waals surface area contributed by atoms with Gasteiger partial charge >= 0.3 is 11.9 Å². The summed E-state index contributed by atoms with van der Waals surface area (Å²) in [6.45, 7) is 1.89. The van der Waals surface area contributed by atoms with Crippen molar-refractivity contribution in [1.29, 1.82) is 0 Å². The van der Waals surface area contributed by atoms with Gasteiger partial charge in [0.1, 0.15) is 5.71 Å². The summed E-state index contributed by atoms with van der Waals surface area (Å²) >= 11 is 5.89. The second-order valence-electron chi connectivity index (χ2n) is 4.15. The van der Waals surface area contributed by atoms with E-state index in [0.717, 1.165) is 0 Å². The number of esters is 1. The lowest BCUT2D eigenvalue weighted by Crippen LogP contribution is -2.34. The minimum Gasteiger partial charge on any atom is -0.480 e. The van der Waals surface area contributed by atoms with Gasteiger partial charge in [0, 0.05) is 11.4 Å². The molecule has 0 saturated carbocycles. The number of carbonyl (C=O) groups excluding carboxylic acids is 1. The van der Waals surface area contributed by atoms with Crippen molar-refractivity contribution < 1.29 is 19.4 Å². The van der Waals surface area contributed by atoms with Gasteiger partial charge in [0.2, 0.25) is 0 Å². The quantitative estimate of drug-likeness (QED) is 0.859. The first-order valence-corrected chi connectivity index (χ1v) is 6.43. The predicted molar refractivity (Wildman–Crippen MR) is 74.0 cm³/mol. The molecular formula is C13H13ClN2O4. The molecule has 0 fully saturated rings. The highest BCUT2D eigenvalue weighted by Crippen LogP contribution is 2.27. The molecule has 0 aromatic heterocycles. The van der Waals surface area contributed by atoms with Gasteiger partial charge in [-0.1, -0.05) is 17.7 Å². The third kappa shape index (κ3) is 2.91. The van der Waals surface area contributed by atoms with Crippen LogP contribution < -0.4 is 5.01 Å². The lowest BCUT2D eigenvalue weighted by atomic mass is 10.1. The van der Waals surface area contributed by atoms with Crippen molar-refractivity contribution in [1.82, 2.24) is 0 Å². The first-order chi connectivity index (χ1) is 9.52. The molecule has 106 valence electrons. The standard InChI is InChI=1S/C13H13ClN2O4/c1-2-20-13(19)10-7-11(12(17)18)16(15-10)9-5-3-4-8(14)6-9/h3-6,11H,2,7H2,1H3,(H,17,18)/t11-/m0/s1. The van der Waals surface area contributed by atoms with E-state index in [4.69, 9.17) is 16.3 Å². The molecule has 1 aliphatic rings. The van der Waals surface area contributed by atoms with Gasteiger partial charge in [-0.2, -0.15) is 5.10 Å². The van der Waals surface area contributed by atoms with E-state index in [9.17, 15) is 14.7 Å². The summed E-state index contributed by atoms with van der Waals surface area (Å²) in [6, 6.07) is 5.70. The molecular weight excluding hydrogens is 284 g/mol. The Hall–Kier alpha value is -2.08. The van der Waals surface area contributed by atoms with Crippen LogP contribution in [0.25, 0.3) is 0 Å². The van der Waals surface area contributed by atoms with Crippen LogP contribution in [-0.2, 0) is 14.3 Å². The van der Waals surface area contributed by atoms with Gasteiger partial charge < -0.3 is 9.84 Å². The maximum atomic E-state index is 11.7. The molecule has 1 aromatic rings. The molecule has 6 nitrogen and oxygen atoms in total. The van der Waals surface area contributed by atoms with Crippen LogP contribution in [0.4, 0.5) is 5.69 Å². The second-order valence-corrected chi connectivity index (χ2v) is 4.59. The van der Waals surface area contributed by atoms with Crippen LogP contribution in [0.15, 0.2) is 29.4 Å². The Morgan fingerprint density at radius 2 is 2.30 bits per heavy atom. The molecule has 20 heavy (non-hydrogen) atoms. The van der Waals surface area contributed by atoms with Crippen LogP contribution in [0.5, 0.6) is 0 Å². The summed E-state index contributed by atoms with van der Waals surface area (Å²) in [7, 11) is 0. The van der Waals surface area contributed by atoms with Crippen molar-refractivity contribution in [2.24, 2.45) is 5.10 Å². The van der Waals surface area contributed by atoms with Crippen molar-refractivity contribution in [3.8, 4) is 0 Å². The summed E-state index contributed by atoms with van der Waals surface area (Å²) < 4.78 is 4.85. The first-order valence-electron chi connectivity index (χ1n) is 6.05. The number of ether oxygens (including phenoxy) is 1. The molecule has 1 atom stereocenters.